The molecule has 0 aliphatic carbocycles. The third-order valence-electron chi connectivity index (χ3n) is 5.29. The summed E-state index contributed by atoms with van der Waals surface area (Å²) < 4.78 is 14.0. The standard InChI is InChI=1S/C22H20FN5O4/c23-15-6-4-14(5-7-15)20(30)24-11-1-2-13-3-8-17-16(12-13)22(32)28(27-26-17)18-9-10-19(29)25-21(18)31/h3-8,12,18H,1-2,9-11H2,(H,24,30)(H,25,29,31). The Labute approximate surface area is 181 Å². The zero-order chi connectivity index (χ0) is 22.7. The molecule has 0 radical (unpaired) electrons. The zero-order valence-corrected chi connectivity index (χ0v) is 17.0. The second-order valence-corrected chi connectivity index (χ2v) is 7.52. The highest BCUT2D eigenvalue weighted by molar-refractivity contribution is 5.99. The third kappa shape index (κ3) is 4.53. The molecule has 164 valence electrons. The Kier molecular flexibility index (Phi) is 6.02. The highest BCUT2D eigenvalue weighted by Crippen LogP contribution is 2.17. The second kappa shape index (κ2) is 9.04. The van der Waals surface area contributed by atoms with E-state index in [0.717, 1.165) is 10.2 Å². The van der Waals surface area contributed by atoms with Crippen LogP contribution in [0.15, 0.2) is 47.3 Å². The van der Waals surface area contributed by atoms with Crippen molar-refractivity contribution in [1.29, 1.82) is 0 Å². The summed E-state index contributed by atoms with van der Waals surface area (Å²) in [5.41, 5.74) is 1.21. The lowest BCUT2D eigenvalue weighted by atomic mass is 10.1. The number of carbonyl (C=O) groups excluding carboxylic acids is 3. The van der Waals surface area contributed by atoms with Gasteiger partial charge in [-0.25, -0.2) is 4.39 Å². The largest absolute Gasteiger partial charge is 0.352 e. The maximum absolute atomic E-state index is 13.0. The van der Waals surface area contributed by atoms with Crippen LogP contribution in [0.3, 0.4) is 0 Å². The Balaban J connectivity index is 1.42. The van der Waals surface area contributed by atoms with Gasteiger partial charge in [0.15, 0.2) is 0 Å². The quantitative estimate of drug-likeness (QED) is 0.442. The van der Waals surface area contributed by atoms with Crippen LogP contribution in [0.2, 0.25) is 0 Å². The first-order valence-corrected chi connectivity index (χ1v) is 10.2. The van der Waals surface area contributed by atoms with Gasteiger partial charge in [-0.3, -0.25) is 24.5 Å². The van der Waals surface area contributed by atoms with E-state index in [9.17, 15) is 23.6 Å². The maximum atomic E-state index is 13.0. The number of rotatable bonds is 6. The summed E-state index contributed by atoms with van der Waals surface area (Å²) in [6.45, 7) is 0.406. The highest BCUT2D eigenvalue weighted by Gasteiger charge is 2.30. The van der Waals surface area contributed by atoms with Crippen LogP contribution in [0.25, 0.3) is 10.9 Å². The predicted molar refractivity (Wildman–Crippen MR) is 112 cm³/mol. The van der Waals surface area contributed by atoms with E-state index in [0.29, 0.717) is 35.9 Å². The highest BCUT2D eigenvalue weighted by atomic mass is 19.1. The van der Waals surface area contributed by atoms with Gasteiger partial charge in [-0.1, -0.05) is 11.3 Å². The van der Waals surface area contributed by atoms with Crippen LogP contribution in [0.4, 0.5) is 4.39 Å². The number of amides is 3. The fourth-order valence-corrected chi connectivity index (χ4v) is 3.57. The molecule has 9 nitrogen and oxygen atoms in total. The van der Waals surface area contributed by atoms with Crippen LogP contribution in [0.5, 0.6) is 0 Å². The number of aromatic nitrogens is 3. The van der Waals surface area contributed by atoms with Gasteiger partial charge in [0.05, 0.1) is 5.39 Å². The van der Waals surface area contributed by atoms with Crippen molar-refractivity contribution in [3.63, 3.8) is 0 Å². The third-order valence-corrected chi connectivity index (χ3v) is 5.29. The number of nitrogens with one attached hydrogen (secondary N) is 2. The SMILES string of the molecule is O=C1CCC(n2nnc3ccc(CCCNC(=O)c4ccc(F)cc4)cc3c2=O)C(=O)N1. The van der Waals surface area contributed by atoms with E-state index in [2.05, 4.69) is 20.9 Å². The molecule has 1 aliphatic rings. The molecule has 0 saturated carbocycles. The molecule has 32 heavy (non-hydrogen) atoms. The second-order valence-electron chi connectivity index (χ2n) is 7.52. The van der Waals surface area contributed by atoms with Crippen molar-refractivity contribution >= 4 is 28.6 Å². The molecule has 1 unspecified atom stereocenters. The molecule has 10 heteroatoms. The number of hydrogen-bond acceptors (Lipinski definition) is 6. The molecule has 1 atom stereocenters. The summed E-state index contributed by atoms with van der Waals surface area (Å²) in [5.74, 6) is -1.63. The van der Waals surface area contributed by atoms with Crippen molar-refractivity contribution in [2.24, 2.45) is 0 Å². The lowest BCUT2D eigenvalue weighted by Crippen LogP contribution is -2.45. The minimum atomic E-state index is -0.873. The number of benzene rings is 2. The van der Waals surface area contributed by atoms with Crippen LogP contribution in [-0.4, -0.2) is 39.3 Å². The molecule has 2 N–H and O–H groups in total. The van der Waals surface area contributed by atoms with Gasteiger partial charge in [-0.2, -0.15) is 4.68 Å². The number of carbonyl (C=O) groups is 3. The molecule has 0 bridgehead atoms. The summed E-state index contributed by atoms with van der Waals surface area (Å²) in [7, 11) is 0. The molecular formula is C22H20FN5O4. The number of nitrogens with zero attached hydrogens (tertiary/aromatic N) is 3. The summed E-state index contributed by atoms with van der Waals surface area (Å²) in [6.07, 6.45) is 1.54. The number of imide groups is 1. The van der Waals surface area contributed by atoms with Crippen LogP contribution >= 0.6 is 0 Å². The average molecular weight is 437 g/mol. The van der Waals surface area contributed by atoms with Gasteiger partial charge < -0.3 is 5.32 Å². The number of piperidine rings is 1. The van der Waals surface area contributed by atoms with Gasteiger partial charge >= 0.3 is 0 Å². The molecule has 2 aromatic carbocycles. The van der Waals surface area contributed by atoms with Crippen LogP contribution in [-0.2, 0) is 16.0 Å². The fourth-order valence-electron chi connectivity index (χ4n) is 3.57. The minimum Gasteiger partial charge on any atom is -0.352 e. The Hall–Kier alpha value is -3.95. The van der Waals surface area contributed by atoms with Gasteiger partial charge in [0, 0.05) is 18.5 Å². The van der Waals surface area contributed by atoms with Crippen molar-refractivity contribution < 1.29 is 18.8 Å². The molecule has 4 rings (SSSR count). The van der Waals surface area contributed by atoms with E-state index in [1.54, 1.807) is 12.1 Å². The number of fused-ring (bicyclic) bond motifs is 1. The number of halogens is 1. The maximum Gasteiger partial charge on any atom is 0.278 e. The Morgan fingerprint density at radius 1 is 1.16 bits per heavy atom. The smallest absolute Gasteiger partial charge is 0.278 e. The van der Waals surface area contributed by atoms with E-state index in [-0.39, 0.29) is 24.7 Å². The van der Waals surface area contributed by atoms with Crippen molar-refractivity contribution in [2.45, 2.75) is 31.7 Å². The molecule has 0 spiro atoms. The van der Waals surface area contributed by atoms with Crippen LogP contribution < -0.4 is 16.2 Å². The zero-order valence-electron chi connectivity index (χ0n) is 17.0. The van der Waals surface area contributed by atoms with Crippen LogP contribution in [0, 0.1) is 5.82 Å². The first-order valence-electron chi connectivity index (χ1n) is 10.2. The minimum absolute atomic E-state index is 0.131. The molecule has 1 fully saturated rings. The van der Waals surface area contributed by atoms with E-state index in [4.69, 9.17) is 0 Å². The Morgan fingerprint density at radius 3 is 2.69 bits per heavy atom. The lowest BCUT2D eigenvalue weighted by molar-refractivity contribution is -0.136. The van der Waals surface area contributed by atoms with Gasteiger partial charge in [-0.05, 0) is 61.2 Å². The molecule has 2 heterocycles. The number of hydrogen-bond donors (Lipinski definition) is 2. The summed E-state index contributed by atoms with van der Waals surface area (Å²) >= 11 is 0. The first kappa shape index (κ1) is 21.3. The average Bonchev–Trinajstić information content (AvgIpc) is 2.78. The van der Waals surface area contributed by atoms with E-state index in [1.165, 1.54) is 24.3 Å². The summed E-state index contributed by atoms with van der Waals surface area (Å²) in [5, 5.41) is 13.2. The summed E-state index contributed by atoms with van der Waals surface area (Å²) in [6, 6.07) is 9.65. The molecular weight excluding hydrogens is 417 g/mol. The van der Waals surface area contributed by atoms with Crippen LogP contribution in [0.1, 0.15) is 41.2 Å². The van der Waals surface area contributed by atoms with Crippen molar-refractivity contribution in [3.05, 3.63) is 69.8 Å². The van der Waals surface area contributed by atoms with E-state index < -0.39 is 23.3 Å². The van der Waals surface area contributed by atoms with Crippen molar-refractivity contribution in [1.82, 2.24) is 25.6 Å². The monoisotopic (exact) mass is 437 g/mol. The lowest BCUT2D eigenvalue weighted by Gasteiger charge is -2.21. The van der Waals surface area contributed by atoms with Crippen molar-refractivity contribution in [2.75, 3.05) is 6.54 Å². The Bertz CT molecular complexity index is 1260. The fraction of sp³-hybridized carbons (Fsp3) is 0.273. The topological polar surface area (TPSA) is 123 Å². The molecule has 1 saturated heterocycles. The first-order chi connectivity index (χ1) is 15.4. The van der Waals surface area contributed by atoms with Gasteiger partial charge in [0.25, 0.3) is 17.4 Å². The van der Waals surface area contributed by atoms with Gasteiger partial charge in [0.1, 0.15) is 17.4 Å². The number of aryl methyl sites for hydroxylation is 1. The van der Waals surface area contributed by atoms with Gasteiger partial charge in [-0.15, -0.1) is 5.10 Å². The predicted octanol–water partition coefficient (Wildman–Crippen LogP) is 1.27. The van der Waals surface area contributed by atoms with E-state index in [1.807, 2.05) is 6.07 Å². The van der Waals surface area contributed by atoms with Crippen molar-refractivity contribution in [3.8, 4) is 0 Å². The normalized spacial score (nSPS) is 16.1. The van der Waals surface area contributed by atoms with E-state index >= 15 is 0 Å². The molecule has 1 aromatic heterocycles. The molecule has 3 amide bonds. The molecule has 1 aliphatic heterocycles. The Morgan fingerprint density at radius 2 is 1.94 bits per heavy atom. The molecule has 3 aromatic rings. The van der Waals surface area contributed by atoms with Gasteiger partial charge in [0.2, 0.25) is 5.91 Å². The summed E-state index contributed by atoms with van der Waals surface area (Å²) in [4.78, 5) is 48.4.